The van der Waals surface area contributed by atoms with Gasteiger partial charge in [0.1, 0.15) is 0 Å². The molecule has 0 radical (unpaired) electrons. The minimum atomic E-state index is -2.51. The second kappa shape index (κ2) is 6.61. The first-order valence-corrected chi connectivity index (χ1v) is 10.6. The Morgan fingerprint density at radius 2 is 1.74 bits per heavy atom. The third-order valence-electron chi connectivity index (χ3n) is 5.02. The van der Waals surface area contributed by atoms with Crippen LogP contribution in [0.25, 0.3) is 0 Å². The molecule has 1 aliphatic carbocycles. The SMILES string of the molecule is CN1[C@@H]2CCCC[C@H]2N(C)P1(=S)O[C@H](C(=O)O)c1ccccc1. The molecule has 2 aliphatic rings. The number of nitrogens with zero attached hydrogens (tertiary/aromatic N) is 2. The molecular weight excluding hydrogens is 331 g/mol. The Bertz CT molecular complexity index is 605. The molecule has 1 saturated carbocycles. The minimum Gasteiger partial charge on any atom is -0.479 e. The number of hydrogen-bond acceptors (Lipinski definition) is 3. The van der Waals surface area contributed by atoms with Crippen molar-refractivity contribution < 1.29 is 14.4 Å². The van der Waals surface area contributed by atoms with E-state index in [2.05, 4.69) is 9.34 Å². The highest BCUT2D eigenvalue weighted by Crippen LogP contribution is 2.64. The van der Waals surface area contributed by atoms with Crippen LogP contribution in [0.2, 0.25) is 0 Å². The van der Waals surface area contributed by atoms with Crippen molar-refractivity contribution in [2.24, 2.45) is 0 Å². The summed E-state index contributed by atoms with van der Waals surface area (Å²) in [7, 11) is 3.99. The van der Waals surface area contributed by atoms with E-state index in [-0.39, 0.29) is 0 Å². The number of carboxylic acid groups (broad SMARTS) is 1. The molecule has 0 unspecified atom stereocenters. The summed E-state index contributed by atoms with van der Waals surface area (Å²) >= 11 is 5.90. The molecular formula is C16H23N2O3PS. The van der Waals surface area contributed by atoms with Crippen LogP contribution in [0.15, 0.2) is 30.3 Å². The molecule has 1 aromatic rings. The monoisotopic (exact) mass is 354 g/mol. The standard InChI is InChI=1S/C16H23N2O3PS/c1-17-13-10-6-7-11-14(13)18(2)22(17,23)21-15(16(19)20)12-8-4-3-5-9-12/h3-5,8-9,13-15H,6-7,10-11H2,1-2H3,(H,19,20)/t13-,14-,15+/m1/s1. The topological polar surface area (TPSA) is 53.0 Å². The van der Waals surface area contributed by atoms with E-state index in [1.165, 1.54) is 12.8 Å². The second-order valence-corrected chi connectivity index (χ2v) is 10.2. The van der Waals surface area contributed by atoms with Gasteiger partial charge in [0.05, 0.1) is 0 Å². The lowest BCUT2D eigenvalue weighted by atomic mass is 9.91. The van der Waals surface area contributed by atoms with Crippen molar-refractivity contribution in [3.05, 3.63) is 35.9 Å². The molecule has 0 spiro atoms. The molecule has 23 heavy (non-hydrogen) atoms. The lowest BCUT2D eigenvalue weighted by molar-refractivity contribution is -0.145. The zero-order chi connectivity index (χ0) is 16.6. The largest absolute Gasteiger partial charge is 0.479 e. The van der Waals surface area contributed by atoms with E-state index in [1.54, 1.807) is 12.1 Å². The van der Waals surface area contributed by atoms with Gasteiger partial charge in [-0.25, -0.2) is 14.1 Å². The van der Waals surface area contributed by atoms with Crippen LogP contribution in [0.5, 0.6) is 0 Å². The highest BCUT2D eigenvalue weighted by Gasteiger charge is 2.51. The first kappa shape index (κ1) is 17.1. The van der Waals surface area contributed by atoms with E-state index in [0.717, 1.165) is 12.8 Å². The van der Waals surface area contributed by atoms with Crippen molar-refractivity contribution in [3.8, 4) is 0 Å². The third kappa shape index (κ3) is 2.99. The zero-order valence-electron chi connectivity index (χ0n) is 13.5. The summed E-state index contributed by atoms with van der Waals surface area (Å²) in [5.74, 6) is -0.989. The number of carbonyl (C=O) groups is 1. The summed E-state index contributed by atoms with van der Waals surface area (Å²) < 4.78 is 10.4. The van der Waals surface area contributed by atoms with Crippen molar-refractivity contribution in [1.29, 1.82) is 0 Å². The van der Waals surface area contributed by atoms with Crippen molar-refractivity contribution >= 4 is 24.3 Å². The van der Waals surface area contributed by atoms with Crippen LogP contribution < -0.4 is 0 Å². The highest BCUT2D eigenvalue weighted by molar-refractivity contribution is 8.10. The number of benzene rings is 1. The highest BCUT2D eigenvalue weighted by atomic mass is 32.5. The summed E-state index contributed by atoms with van der Waals surface area (Å²) in [5, 5.41) is 9.64. The molecule has 5 nitrogen and oxygen atoms in total. The van der Waals surface area contributed by atoms with Gasteiger partial charge in [0.25, 0.3) is 0 Å². The molecule has 1 N–H and O–H groups in total. The van der Waals surface area contributed by atoms with Crippen LogP contribution in [0.1, 0.15) is 37.4 Å². The van der Waals surface area contributed by atoms with Gasteiger partial charge in [0.2, 0.25) is 6.57 Å². The van der Waals surface area contributed by atoms with E-state index in [4.69, 9.17) is 16.3 Å². The molecule has 0 bridgehead atoms. The molecule has 0 aromatic heterocycles. The number of likely N-dealkylation sites (N-methyl/N-ethyl adjacent to an activating group) is 2. The Kier molecular flexibility index (Phi) is 4.90. The van der Waals surface area contributed by atoms with Gasteiger partial charge < -0.3 is 9.63 Å². The summed E-state index contributed by atoms with van der Waals surface area (Å²) in [6, 6.07) is 9.83. The molecule has 1 aliphatic heterocycles. The lowest BCUT2D eigenvalue weighted by Gasteiger charge is -2.32. The maximum atomic E-state index is 11.8. The predicted octanol–water partition coefficient (Wildman–Crippen LogP) is 3.24. The molecule has 3 rings (SSSR count). The van der Waals surface area contributed by atoms with Crippen molar-refractivity contribution in [2.75, 3.05) is 14.1 Å². The lowest BCUT2D eigenvalue weighted by Crippen LogP contribution is -2.37. The summed E-state index contributed by atoms with van der Waals surface area (Å²) in [6.07, 6.45) is 3.60. The number of rotatable bonds is 4. The van der Waals surface area contributed by atoms with E-state index in [0.29, 0.717) is 17.6 Å². The van der Waals surface area contributed by atoms with Crippen LogP contribution in [-0.2, 0) is 21.1 Å². The van der Waals surface area contributed by atoms with Crippen LogP contribution in [-0.4, -0.2) is 46.6 Å². The summed E-state index contributed by atoms with van der Waals surface area (Å²) in [5.41, 5.74) is 0.640. The summed E-state index contributed by atoms with van der Waals surface area (Å²) in [6.45, 7) is -2.51. The first-order chi connectivity index (χ1) is 10.9. The van der Waals surface area contributed by atoms with Crippen LogP contribution in [0, 0.1) is 0 Å². The molecule has 3 atom stereocenters. The van der Waals surface area contributed by atoms with Gasteiger partial charge in [-0.2, -0.15) is 0 Å². The Labute approximate surface area is 142 Å². The molecule has 2 fully saturated rings. The zero-order valence-corrected chi connectivity index (χ0v) is 15.2. The molecule has 0 amide bonds. The normalized spacial score (nSPS) is 29.1. The van der Waals surface area contributed by atoms with Crippen molar-refractivity contribution in [1.82, 2.24) is 9.34 Å². The minimum absolute atomic E-state index is 0.379. The number of carboxylic acids is 1. The number of hydrogen-bond donors (Lipinski definition) is 1. The fraction of sp³-hybridized carbons (Fsp3) is 0.562. The fourth-order valence-electron chi connectivity index (χ4n) is 3.72. The predicted molar refractivity (Wildman–Crippen MR) is 93.8 cm³/mol. The van der Waals surface area contributed by atoms with Crippen molar-refractivity contribution in [2.45, 2.75) is 43.9 Å². The molecule has 7 heteroatoms. The van der Waals surface area contributed by atoms with E-state index < -0.39 is 18.6 Å². The van der Waals surface area contributed by atoms with Gasteiger partial charge >= 0.3 is 5.97 Å². The van der Waals surface area contributed by atoms with Crippen LogP contribution >= 0.6 is 6.57 Å². The maximum Gasteiger partial charge on any atom is 0.338 e. The van der Waals surface area contributed by atoms with Crippen LogP contribution in [0.4, 0.5) is 0 Å². The molecule has 1 saturated heterocycles. The Balaban J connectivity index is 1.90. The Hall–Kier alpha value is -0.780. The Morgan fingerprint density at radius 1 is 1.22 bits per heavy atom. The average molecular weight is 354 g/mol. The number of aliphatic carboxylic acids is 1. The smallest absolute Gasteiger partial charge is 0.338 e. The second-order valence-electron chi connectivity index (χ2n) is 6.29. The molecule has 1 aromatic carbocycles. The van der Waals surface area contributed by atoms with Gasteiger partial charge in [-0.3, -0.25) is 0 Å². The van der Waals surface area contributed by atoms with E-state index >= 15 is 0 Å². The van der Waals surface area contributed by atoms with Gasteiger partial charge in [-0.05, 0) is 44.3 Å². The van der Waals surface area contributed by atoms with Crippen LogP contribution in [0.3, 0.4) is 0 Å². The van der Waals surface area contributed by atoms with E-state index in [1.807, 2.05) is 32.3 Å². The first-order valence-electron chi connectivity index (χ1n) is 7.98. The van der Waals surface area contributed by atoms with Gasteiger partial charge in [0, 0.05) is 12.1 Å². The maximum absolute atomic E-state index is 11.8. The van der Waals surface area contributed by atoms with Gasteiger partial charge in [-0.1, -0.05) is 43.2 Å². The number of fused-ring (bicyclic) bond motifs is 1. The van der Waals surface area contributed by atoms with Gasteiger partial charge in [0.15, 0.2) is 6.10 Å². The van der Waals surface area contributed by atoms with Crippen molar-refractivity contribution in [3.63, 3.8) is 0 Å². The summed E-state index contributed by atoms with van der Waals surface area (Å²) in [4.78, 5) is 11.8. The van der Waals surface area contributed by atoms with E-state index in [9.17, 15) is 9.90 Å². The molecule has 126 valence electrons. The average Bonchev–Trinajstić information content (AvgIpc) is 2.76. The molecule has 1 heterocycles. The van der Waals surface area contributed by atoms with Gasteiger partial charge in [-0.15, -0.1) is 0 Å². The third-order valence-corrected chi connectivity index (χ3v) is 9.50. The quantitative estimate of drug-likeness (QED) is 0.838. The Morgan fingerprint density at radius 3 is 2.22 bits per heavy atom. The fourth-order valence-corrected chi connectivity index (χ4v) is 7.23.